The van der Waals surface area contributed by atoms with Gasteiger partial charge in [0.1, 0.15) is 0 Å². The van der Waals surface area contributed by atoms with E-state index in [2.05, 4.69) is 11.1 Å². The quantitative estimate of drug-likeness (QED) is 0.712. The van der Waals surface area contributed by atoms with Gasteiger partial charge in [-0.25, -0.2) is 0 Å². The van der Waals surface area contributed by atoms with Gasteiger partial charge in [0, 0.05) is 6.21 Å². The smallest absolute Gasteiger partial charge is 0.0991 e. The van der Waals surface area contributed by atoms with Crippen LogP contribution in [0.5, 0.6) is 0 Å². The molecule has 0 saturated heterocycles. The maximum atomic E-state index is 8.69. The SMILES string of the molecule is Cc1ccccc1/N=C/c1ccc(C#N)cc1. The van der Waals surface area contributed by atoms with Crippen LogP contribution in [0.3, 0.4) is 0 Å². The summed E-state index contributed by atoms with van der Waals surface area (Å²) in [5, 5.41) is 8.69. The number of hydrogen-bond donors (Lipinski definition) is 0. The third-order valence-electron chi connectivity index (χ3n) is 2.51. The lowest BCUT2D eigenvalue weighted by Gasteiger charge is -1.98. The molecule has 0 aliphatic carbocycles. The van der Waals surface area contributed by atoms with Crippen LogP contribution in [0.1, 0.15) is 16.7 Å². The molecule has 2 nitrogen and oxygen atoms in total. The Bertz CT molecular complexity index is 575. The highest BCUT2D eigenvalue weighted by Gasteiger charge is 1.93. The topological polar surface area (TPSA) is 36.1 Å². The van der Waals surface area contributed by atoms with Crippen LogP contribution in [-0.2, 0) is 0 Å². The Kier molecular flexibility index (Phi) is 3.32. The summed E-state index contributed by atoms with van der Waals surface area (Å²) in [4.78, 5) is 4.42. The minimum Gasteiger partial charge on any atom is -0.256 e. The first-order valence-electron chi connectivity index (χ1n) is 5.39. The predicted molar refractivity (Wildman–Crippen MR) is 69.6 cm³/mol. The Morgan fingerprint density at radius 1 is 1.06 bits per heavy atom. The highest BCUT2D eigenvalue weighted by Crippen LogP contribution is 2.16. The first kappa shape index (κ1) is 11.1. The number of benzene rings is 2. The number of nitrogens with zero attached hydrogens (tertiary/aromatic N) is 2. The standard InChI is InChI=1S/C15H12N2/c1-12-4-2-3-5-15(12)17-11-14-8-6-13(10-16)7-9-14/h2-9,11H,1H3/b17-11+. The van der Waals surface area contributed by atoms with Crippen molar-refractivity contribution in [2.75, 3.05) is 0 Å². The van der Waals surface area contributed by atoms with E-state index in [0.29, 0.717) is 5.56 Å². The van der Waals surface area contributed by atoms with Crippen molar-refractivity contribution in [2.24, 2.45) is 4.99 Å². The minimum atomic E-state index is 0.665. The van der Waals surface area contributed by atoms with Crippen molar-refractivity contribution in [3.8, 4) is 6.07 Å². The fourth-order valence-corrected chi connectivity index (χ4v) is 1.50. The third kappa shape index (κ3) is 2.79. The van der Waals surface area contributed by atoms with Gasteiger partial charge in [-0.05, 0) is 36.2 Å². The van der Waals surface area contributed by atoms with Crippen LogP contribution in [0.2, 0.25) is 0 Å². The number of aryl methyl sites for hydroxylation is 1. The van der Waals surface area contributed by atoms with E-state index in [4.69, 9.17) is 5.26 Å². The van der Waals surface area contributed by atoms with Gasteiger partial charge in [-0.1, -0.05) is 30.3 Å². The van der Waals surface area contributed by atoms with Gasteiger partial charge in [0.2, 0.25) is 0 Å². The highest BCUT2D eigenvalue weighted by molar-refractivity contribution is 5.82. The van der Waals surface area contributed by atoms with E-state index in [0.717, 1.165) is 16.8 Å². The summed E-state index contributed by atoms with van der Waals surface area (Å²) in [7, 11) is 0. The Morgan fingerprint density at radius 3 is 2.41 bits per heavy atom. The highest BCUT2D eigenvalue weighted by atomic mass is 14.7. The minimum absolute atomic E-state index is 0.665. The molecule has 0 amide bonds. The lowest BCUT2D eigenvalue weighted by molar-refractivity contribution is 1.40. The largest absolute Gasteiger partial charge is 0.256 e. The van der Waals surface area contributed by atoms with Crippen LogP contribution in [-0.4, -0.2) is 6.21 Å². The van der Waals surface area contributed by atoms with Gasteiger partial charge in [0.05, 0.1) is 17.3 Å². The van der Waals surface area contributed by atoms with Crippen LogP contribution in [0.25, 0.3) is 0 Å². The Morgan fingerprint density at radius 2 is 1.76 bits per heavy atom. The van der Waals surface area contributed by atoms with Crippen molar-refractivity contribution in [3.05, 3.63) is 65.2 Å². The summed E-state index contributed by atoms with van der Waals surface area (Å²) in [6, 6.07) is 17.4. The molecule has 0 unspecified atom stereocenters. The van der Waals surface area contributed by atoms with Crippen LogP contribution in [0.15, 0.2) is 53.5 Å². The zero-order chi connectivity index (χ0) is 12.1. The first-order valence-corrected chi connectivity index (χ1v) is 5.39. The van der Waals surface area contributed by atoms with Gasteiger partial charge in [-0.2, -0.15) is 5.26 Å². The maximum Gasteiger partial charge on any atom is 0.0991 e. The molecule has 17 heavy (non-hydrogen) atoms. The molecule has 0 saturated carbocycles. The van der Waals surface area contributed by atoms with Crippen molar-refractivity contribution >= 4 is 11.9 Å². The van der Waals surface area contributed by atoms with Crippen LogP contribution >= 0.6 is 0 Å². The second-order valence-corrected chi connectivity index (χ2v) is 3.78. The fourth-order valence-electron chi connectivity index (χ4n) is 1.50. The number of hydrogen-bond acceptors (Lipinski definition) is 2. The van der Waals surface area contributed by atoms with Gasteiger partial charge < -0.3 is 0 Å². The number of para-hydroxylation sites is 1. The average Bonchev–Trinajstić information content (AvgIpc) is 2.38. The fraction of sp³-hybridized carbons (Fsp3) is 0.0667. The molecule has 2 aromatic rings. The van der Waals surface area contributed by atoms with Crippen molar-refractivity contribution in [3.63, 3.8) is 0 Å². The summed E-state index contributed by atoms with van der Waals surface area (Å²) in [5.74, 6) is 0. The molecule has 2 aromatic carbocycles. The molecule has 0 aliphatic heterocycles. The van der Waals surface area contributed by atoms with E-state index < -0.39 is 0 Å². The summed E-state index contributed by atoms with van der Waals surface area (Å²) >= 11 is 0. The van der Waals surface area contributed by atoms with E-state index in [-0.39, 0.29) is 0 Å². The predicted octanol–water partition coefficient (Wildman–Crippen LogP) is 3.62. The maximum absolute atomic E-state index is 8.69. The number of aliphatic imine (C=N–C) groups is 1. The zero-order valence-corrected chi connectivity index (χ0v) is 9.59. The van der Waals surface area contributed by atoms with Gasteiger partial charge in [-0.3, -0.25) is 4.99 Å². The Labute approximate surface area is 101 Å². The zero-order valence-electron chi connectivity index (χ0n) is 9.59. The van der Waals surface area contributed by atoms with E-state index >= 15 is 0 Å². The van der Waals surface area contributed by atoms with Crippen LogP contribution in [0, 0.1) is 18.3 Å². The average molecular weight is 220 g/mol. The Hall–Kier alpha value is -2.40. The molecule has 0 aliphatic rings. The molecule has 0 N–H and O–H groups in total. The lowest BCUT2D eigenvalue weighted by Crippen LogP contribution is -1.82. The van der Waals surface area contributed by atoms with E-state index in [1.54, 1.807) is 12.1 Å². The molecule has 0 radical (unpaired) electrons. The van der Waals surface area contributed by atoms with Crippen LogP contribution < -0.4 is 0 Å². The first-order chi connectivity index (χ1) is 8.29. The molecule has 0 spiro atoms. The van der Waals surface area contributed by atoms with E-state index in [1.165, 1.54) is 0 Å². The molecule has 0 aromatic heterocycles. The molecule has 2 heteroatoms. The molecule has 0 heterocycles. The number of rotatable bonds is 2. The Balaban J connectivity index is 2.21. The third-order valence-corrected chi connectivity index (χ3v) is 2.51. The van der Waals surface area contributed by atoms with Crippen molar-refractivity contribution < 1.29 is 0 Å². The monoisotopic (exact) mass is 220 g/mol. The van der Waals surface area contributed by atoms with Crippen molar-refractivity contribution in [2.45, 2.75) is 6.92 Å². The van der Waals surface area contributed by atoms with Gasteiger partial charge in [0.15, 0.2) is 0 Å². The number of nitriles is 1. The van der Waals surface area contributed by atoms with Gasteiger partial charge >= 0.3 is 0 Å². The molecule has 2 rings (SSSR count). The molecule has 0 bridgehead atoms. The van der Waals surface area contributed by atoms with Gasteiger partial charge in [-0.15, -0.1) is 0 Å². The molecule has 0 atom stereocenters. The van der Waals surface area contributed by atoms with Crippen molar-refractivity contribution in [1.29, 1.82) is 5.26 Å². The van der Waals surface area contributed by atoms with Crippen molar-refractivity contribution in [1.82, 2.24) is 0 Å². The summed E-state index contributed by atoms with van der Waals surface area (Å²) in [6.07, 6.45) is 1.81. The summed E-state index contributed by atoms with van der Waals surface area (Å²) in [6.45, 7) is 2.03. The second kappa shape index (κ2) is 5.09. The summed E-state index contributed by atoms with van der Waals surface area (Å²) in [5.41, 5.74) is 3.78. The molecule has 0 fully saturated rings. The molecule has 82 valence electrons. The molecular formula is C15H12N2. The molecular weight excluding hydrogens is 208 g/mol. The van der Waals surface area contributed by atoms with Gasteiger partial charge in [0.25, 0.3) is 0 Å². The summed E-state index contributed by atoms with van der Waals surface area (Å²) < 4.78 is 0. The second-order valence-electron chi connectivity index (χ2n) is 3.78. The van der Waals surface area contributed by atoms with Crippen LogP contribution in [0.4, 0.5) is 5.69 Å². The van der Waals surface area contributed by atoms with E-state index in [1.807, 2.05) is 49.5 Å². The van der Waals surface area contributed by atoms with E-state index in [9.17, 15) is 0 Å². The lowest BCUT2D eigenvalue weighted by atomic mass is 10.1. The normalized spacial score (nSPS) is 10.4.